The summed E-state index contributed by atoms with van der Waals surface area (Å²) in [6.07, 6.45) is 3.54. The normalized spacial score (nSPS) is 14.9. The Labute approximate surface area is 206 Å². The Bertz CT molecular complexity index is 1020. The van der Waals surface area contributed by atoms with Crippen molar-refractivity contribution in [1.29, 1.82) is 0 Å². The van der Waals surface area contributed by atoms with Crippen LogP contribution >= 0.6 is 11.6 Å². The Kier molecular flexibility index (Phi) is 8.67. The molecule has 1 saturated heterocycles. The second-order valence-electron chi connectivity index (χ2n) is 8.66. The molecule has 0 aliphatic carbocycles. The highest BCUT2D eigenvalue weighted by Crippen LogP contribution is 2.36. The van der Waals surface area contributed by atoms with E-state index in [0.717, 1.165) is 18.8 Å². The molecule has 1 atom stereocenters. The Morgan fingerprint density at radius 3 is 2.53 bits per heavy atom. The topological polar surface area (TPSA) is 79.9 Å². The summed E-state index contributed by atoms with van der Waals surface area (Å²) in [7, 11) is 1.49. The summed E-state index contributed by atoms with van der Waals surface area (Å²) in [6, 6.07) is 10.9. The van der Waals surface area contributed by atoms with Gasteiger partial charge in [-0.2, -0.15) is 0 Å². The van der Waals surface area contributed by atoms with E-state index in [9.17, 15) is 9.59 Å². The van der Waals surface area contributed by atoms with Crippen LogP contribution in [0.2, 0.25) is 5.02 Å². The molecule has 0 unspecified atom stereocenters. The molecule has 0 radical (unpaired) electrons. The predicted octanol–water partition coefficient (Wildman–Crippen LogP) is 5.27. The van der Waals surface area contributed by atoms with Crippen LogP contribution in [0.15, 0.2) is 36.4 Å². The summed E-state index contributed by atoms with van der Waals surface area (Å²) in [5.41, 5.74) is 0.967. The second-order valence-corrected chi connectivity index (χ2v) is 9.06. The minimum Gasteiger partial charge on any atom is -0.493 e. The van der Waals surface area contributed by atoms with Crippen LogP contribution in [-0.2, 0) is 4.79 Å². The van der Waals surface area contributed by atoms with Crippen molar-refractivity contribution in [2.24, 2.45) is 0 Å². The van der Waals surface area contributed by atoms with E-state index >= 15 is 0 Å². The van der Waals surface area contributed by atoms with Gasteiger partial charge in [0.25, 0.3) is 5.91 Å². The molecule has 3 rings (SSSR count). The summed E-state index contributed by atoms with van der Waals surface area (Å²) in [5, 5.41) is 6.18. The van der Waals surface area contributed by atoms with Gasteiger partial charge in [-0.25, -0.2) is 0 Å². The lowest BCUT2D eigenvalue weighted by Crippen LogP contribution is -2.54. The maximum absolute atomic E-state index is 13.3. The van der Waals surface area contributed by atoms with Crippen LogP contribution in [0.3, 0.4) is 0 Å². The maximum atomic E-state index is 13.3. The van der Waals surface area contributed by atoms with E-state index < -0.39 is 11.4 Å². The van der Waals surface area contributed by atoms with E-state index in [4.69, 9.17) is 21.1 Å². The Hall–Kier alpha value is -2.93. The van der Waals surface area contributed by atoms with Gasteiger partial charge >= 0.3 is 0 Å². The Morgan fingerprint density at radius 2 is 1.88 bits per heavy atom. The highest BCUT2D eigenvalue weighted by atomic mass is 35.5. The first-order valence-electron chi connectivity index (χ1n) is 11.8. The minimum atomic E-state index is -1.12. The van der Waals surface area contributed by atoms with E-state index in [1.165, 1.54) is 26.0 Å². The lowest BCUT2D eigenvalue weighted by Gasteiger charge is -2.30. The smallest absolute Gasteiger partial charge is 0.252 e. The van der Waals surface area contributed by atoms with Crippen LogP contribution in [-0.4, -0.2) is 44.2 Å². The first-order chi connectivity index (χ1) is 16.3. The van der Waals surface area contributed by atoms with Gasteiger partial charge in [0.1, 0.15) is 5.54 Å². The summed E-state index contributed by atoms with van der Waals surface area (Å²) >= 11 is 6.34. The van der Waals surface area contributed by atoms with Crippen molar-refractivity contribution in [3.8, 4) is 11.5 Å². The average Bonchev–Trinajstić information content (AvgIpc) is 3.35. The number of ether oxygens (including phenoxy) is 2. The van der Waals surface area contributed by atoms with Gasteiger partial charge in [0.15, 0.2) is 11.5 Å². The molecular formula is C26H34ClN3O4. The number of amides is 2. The van der Waals surface area contributed by atoms with Gasteiger partial charge in [-0.1, -0.05) is 31.0 Å². The van der Waals surface area contributed by atoms with Crippen LogP contribution < -0.4 is 25.0 Å². The van der Waals surface area contributed by atoms with Crippen molar-refractivity contribution in [3.63, 3.8) is 0 Å². The summed E-state index contributed by atoms with van der Waals surface area (Å²) in [6.45, 7) is 8.01. The standard InChI is InChI=1S/C26H34ClN3O4/c1-5-12-26(3,25(32)28-19-10-9-11-20(17-19)30-13-7-8-14-30)29-24(31)18-15-21(27)23(34-6-2)22(16-18)33-4/h9-11,15-17H,5-8,12-14H2,1-4H3,(H,28,32)(H,29,31)/t26-/m0/s1. The molecular weight excluding hydrogens is 454 g/mol. The molecule has 184 valence electrons. The number of hydrogen-bond donors (Lipinski definition) is 2. The van der Waals surface area contributed by atoms with Gasteiger partial charge < -0.3 is 25.0 Å². The molecule has 1 aliphatic rings. The average molecular weight is 488 g/mol. The minimum absolute atomic E-state index is 0.270. The number of nitrogens with zero attached hydrogens (tertiary/aromatic N) is 1. The largest absolute Gasteiger partial charge is 0.493 e. The number of carbonyl (C=O) groups excluding carboxylic acids is 2. The Morgan fingerprint density at radius 1 is 1.15 bits per heavy atom. The number of carbonyl (C=O) groups is 2. The molecule has 0 saturated carbocycles. The monoisotopic (exact) mass is 487 g/mol. The number of rotatable bonds is 10. The molecule has 0 spiro atoms. The van der Waals surface area contributed by atoms with Crippen molar-refractivity contribution in [2.75, 3.05) is 37.0 Å². The summed E-state index contributed by atoms with van der Waals surface area (Å²) in [5.74, 6) is 0.0560. The third-order valence-corrected chi connectivity index (χ3v) is 6.28. The van der Waals surface area contributed by atoms with Crippen LogP contribution in [0, 0.1) is 0 Å². The number of anilines is 2. The van der Waals surface area contributed by atoms with Crippen LogP contribution in [0.5, 0.6) is 11.5 Å². The lowest BCUT2D eigenvalue weighted by molar-refractivity contribution is -0.121. The van der Waals surface area contributed by atoms with Gasteiger partial charge in [0, 0.05) is 30.0 Å². The molecule has 1 heterocycles. The molecule has 0 aromatic heterocycles. The van der Waals surface area contributed by atoms with Crippen LogP contribution in [0.4, 0.5) is 11.4 Å². The molecule has 0 bridgehead atoms. The summed E-state index contributed by atoms with van der Waals surface area (Å²) in [4.78, 5) is 28.8. The highest BCUT2D eigenvalue weighted by molar-refractivity contribution is 6.32. The van der Waals surface area contributed by atoms with Gasteiger partial charge in [0.2, 0.25) is 5.91 Å². The molecule has 2 N–H and O–H groups in total. The van der Waals surface area contributed by atoms with E-state index in [-0.39, 0.29) is 16.5 Å². The molecule has 8 heteroatoms. The predicted molar refractivity (Wildman–Crippen MR) is 136 cm³/mol. The number of methoxy groups -OCH3 is 1. The first-order valence-corrected chi connectivity index (χ1v) is 12.2. The molecule has 2 amide bonds. The van der Waals surface area contributed by atoms with Gasteiger partial charge in [-0.3, -0.25) is 9.59 Å². The zero-order valence-corrected chi connectivity index (χ0v) is 21.1. The molecule has 34 heavy (non-hydrogen) atoms. The SMILES string of the molecule is CCC[C@](C)(NC(=O)c1cc(Cl)c(OCC)c(OC)c1)C(=O)Nc1cccc(N2CCCC2)c1. The second kappa shape index (κ2) is 11.5. The quantitative estimate of drug-likeness (QED) is 0.477. The molecule has 1 fully saturated rings. The molecule has 1 aliphatic heterocycles. The van der Waals surface area contributed by atoms with E-state index in [2.05, 4.69) is 21.6 Å². The Balaban J connectivity index is 1.79. The van der Waals surface area contributed by atoms with Crippen molar-refractivity contribution in [1.82, 2.24) is 5.32 Å². The van der Waals surface area contributed by atoms with Crippen LogP contribution in [0.25, 0.3) is 0 Å². The fourth-order valence-electron chi connectivity index (χ4n) is 4.22. The third kappa shape index (κ3) is 5.95. The zero-order valence-electron chi connectivity index (χ0n) is 20.4. The third-order valence-electron chi connectivity index (χ3n) is 6.00. The highest BCUT2D eigenvalue weighted by Gasteiger charge is 2.35. The fourth-order valence-corrected chi connectivity index (χ4v) is 4.48. The lowest BCUT2D eigenvalue weighted by atomic mass is 9.94. The zero-order chi connectivity index (χ0) is 24.7. The van der Waals surface area contributed by atoms with Crippen molar-refractivity contribution >= 4 is 34.8 Å². The molecule has 7 nitrogen and oxygen atoms in total. The van der Waals surface area contributed by atoms with Gasteiger partial charge in [-0.05, 0) is 63.4 Å². The molecule has 2 aromatic rings. The van der Waals surface area contributed by atoms with E-state index in [1.807, 2.05) is 32.0 Å². The van der Waals surface area contributed by atoms with Gasteiger partial charge in [-0.15, -0.1) is 0 Å². The number of hydrogen-bond acceptors (Lipinski definition) is 5. The number of benzene rings is 2. The maximum Gasteiger partial charge on any atom is 0.252 e. The van der Waals surface area contributed by atoms with Gasteiger partial charge in [0.05, 0.1) is 18.7 Å². The fraction of sp³-hybridized carbons (Fsp3) is 0.462. The number of halogens is 1. The summed E-state index contributed by atoms with van der Waals surface area (Å²) < 4.78 is 10.9. The number of nitrogens with one attached hydrogen (secondary N) is 2. The van der Waals surface area contributed by atoms with Crippen molar-refractivity contribution in [2.45, 2.75) is 52.0 Å². The van der Waals surface area contributed by atoms with E-state index in [1.54, 1.807) is 13.0 Å². The molecule has 2 aromatic carbocycles. The first kappa shape index (κ1) is 25.7. The van der Waals surface area contributed by atoms with Crippen molar-refractivity contribution in [3.05, 3.63) is 47.0 Å². The van der Waals surface area contributed by atoms with Crippen molar-refractivity contribution < 1.29 is 19.1 Å². The van der Waals surface area contributed by atoms with Crippen LogP contribution in [0.1, 0.15) is 56.8 Å². The van der Waals surface area contributed by atoms with E-state index in [0.29, 0.717) is 36.6 Å².